The largest absolute Gasteiger partial charge is 0.481 e. The van der Waals surface area contributed by atoms with E-state index in [0.717, 1.165) is 25.2 Å². The Morgan fingerprint density at radius 1 is 0.900 bits per heavy atom. The number of hydrogen-bond donors (Lipinski definition) is 1. The number of carbonyl (C=O) groups is 1. The van der Waals surface area contributed by atoms with Gasteiger partial charge in [0.05, 0.1) is 5.92 Å². The fourth-order valence-electron chi connectivity index (χ4n) is 2.92. The normalized spacial score (nSPS) is 14.4. The molecule has 0 bridgehead atoms. The van der Waals surface area contributed by atoms with E-state index in [1.165, 1.54) is 44.9 Å². The van der Waals surface area contributed by atoms with Crippen molar-refractivity contribution in [3.05, 3.63) is 0 Å². The van der Waals surface area contributed by atoms with Gasteiger partial charge >= 0.3 is 5.97 Å². The molecule has 0 aromatic carbocycles. The molecule has 0 rings (SSSR count). The van der Waals surface area contributed by atoms with Crippen LogP contribution in [-0.4, -0.2) is 11.1 Å². The minimum absolute atomic E-state index is 0.115. The second-order valence-corrected chi connectivity index (χ2v) is 6.75. The van der Waals surface area contributed by atoms with Gasteiger partial charge in [-0.1, -0.05) is 79.1 Å². The van der Waals surface area contributed by atoms with E-state index >= 15 is 0 Å². The van der Waals surface area contributed by atoms with Gasteiger partial charge in [-0.2, -0.15) is 0 Å². The third-order valence-corrected chi connectivity index (χ3v) is 4.22. The molecule has 0 aliphatic heterocycles. The third-order valence-electron chi connectivity index (χ3n) is 4.22. The molecule has 0 radical (unpaired) electrons. The summed E-state index contributed by atoms with van der Waals surface area (Å²) in [6.07, 6.45) is 11.3. The average molecular weight is 284 g/mol. The maximum absolute atomic E-state index is 11.4. The molecule has 2 unspecified atom stereocenters. The quantitative estimate of drug-likeness (QED) is 0.427. The highest BCUT2D eigenvalue weighted by molar-refractivity contribution is 5.69. The van der Waals surface area contributed by atoms with Crippen LogP contribution in [-0.2, 0) is 4.79 Å². The van der Waals surface area contributed by atoms with Crippen molar-refractivity contribution in [1.82, 2.24) is 0 Å². The SMILES string of the molecule is CCCCCCC(CC(CCC)CCC(C)C)C(=O)O. The number of rotatable bonds is 13. The lowest BCUT2D eigenvalue weighted by Crippen LogP contribution is -2.18. The molecule has 0 aromatic heterocycles. The fourth-order valence-corrected chi connectivity index (χ4v) is 2.92. The smallest absolute Gasteiger partial charge is 0.306 e. The van der Waals surface area contributed by atoms with Gasteiger partial charge in [0.25, 0.3) is 0 Å². The predicted molar refractivity (Wildman–Crippen MR) is 87.0 cm³/mol. The van der Waals surface area contributed by atoms with Crippen LogP contribution in [0.3, 0.4) is 0 Å². The monoisotopic (exact) mass is 284 g/mol. The van der Waals surface area contributed by atoms with Gasteiger partial charge in [0.1, 0.15) is 0 Å². The Hall–Kier alpha value is -0.530. The highest BCUT2D eigenvalue weighted by atomic mass is 16.4. The summed E-state index contributed by atoms with van der Waals surface area (Å²) in [5, 5.41) is 9.42. The second kappa shape index (κ2) is 12.2. The van der Waals surface area contributed by atoms with Gasteiger partial charge in [0.2, 0.25) is 0 Å². The highest BCUT2D eigenvalue weighted by Crippen LogP contribution is 2.27. The Balaban J connectivity index is 4.23. The standard InChI is InChI=1S/C18H36O2/c1-5-7-8-9-11-17(18(19)20)14-16(10-6-2)13-12-15(3)4/h15-17H,5-14H2,1-4H3,(H,19,20). The molecule has 120 valence electrons. The molecule has 0 spiro atoms. The number of carboxylic acids is 1. The first-order valence-corrected chi connectivity index (χ1v) is 8.73. The molecule has 2 atom stereocenters. The summed E-state index contributed by atoms with van der Waals surface area (Å²) < 4.78 is 0. The predicted octanol–water partition coefficient (Wildman–Crippen LogP) is 5.90. The van der Waals surface area contributed by atoms with E-state index in [-0.39, 0.29) is 5.92 Å². The molecule has 0 fully saturated rings. The number of hydrogen-bond acceptors (Lipinski definition) is 1. The van der Waals surface area contributed by atoms with Crippen molar-refractivity contribution >= 4 is 5.97 Å². The molecule has 0 amide bonds. The van der Waals surface area contributed by atoms with Crippen molar-refractivity contribution in [3.8, 4) is 0 Å². The molecule has 0 saturated heterocycles. The molecule has 2 heteroatoms. The van der Waals surface area contributed by atoms with E-state index in [1.54, 1.807) is 0 Å². The van der Waals surface area contributed by atoms with Gasteiger partial charge in [-0.05, 0) is 24.7 Å². The Morgan fingerprint density at radius 3 is 2.10 bits per heavy atom. The van der Waals surface area contributed by atoms with Gasteiger partial charge in [0, 0.05) is 0 Å². The summed E-state index contributed by atoms with van der Waals surface area (Å²) in [7, 11) is 0. The van der Waals surface area contributed by atoms with Gasteiger partial charge in [-0.3, -0.25) is 4.79 Å². The summed E-state index contributed by atoms with van der Waals surface area (Å²) >= 11 is 0. The van der Waals surface area contributed by atoms with Crippen molar-refractivity contribution in [2.45, 2.75) is 91.9 Å². The van der Waals surface area contributed by atoms with E-state index in [9.17, 15) is 9.90 Å². The zero-order valence-corrected chi connectivity index (χ0v) is 14.2. The number of carboxylic acid groups (broad SMARTS) is 1. The summed E-state index contributed by atoms with van der Waals surface area (Å²) in [5.41, 5.74) is 0. The number of aliphatic carboxylic acids is 1. The third kappa shape index (κ3) is 10.3. The van der Waals surface area contributed by atoms with E-state index < -0.39 is 5.97 Å². The lowest BCUT2D eigenvalue weighted by atomic mass is 9.84. The first-order chi connectivity index (χ1) is 9.51. The lowest BCUT2D eigenvalue weighted by molar-refractivity contribution is -0.142. The Kier molecular flexibility index (Phi) is 11.9. The zero-order chi connectivity index (χ0) is 15.4. The minimum atomic E-state index is -0.577. The molecule has 0 heterocycles. The van der Waals surface area contributed by atoms with Crippen LogP contribution in [0.25, 0.3) is 0 Å². The maximum Gasteiger partial charge on any atom is 0.306 e. The van der Waals surface area contributed by atoms with Gasteiger partial charge in [-0.25, -0.2) is 0 Å². The van der Waals surface area contributed by atoms with E-state index in [1.807, 2.05) is 0 Å². The summed E-state index contributed by atoms with van der Waals surface area (Å²) in [5.74, 6) is 0.639. The van der Waals surface area contributed by atoms with Crippen LogP contribution in [0.2, 0.25) is 0 Å². The lowest BCUT2D eigenvalue weighted by Gasteiger charge is -2.21. The minimum Gasteiger partial charge on any atom is -0.481 e. The maximum atomic E-state index is 11.4. The molecular formula is C18H36O2. The van der Waals surface area contributed by atoms with Crippen molar-refractivity contribution < 1.29 is 9.90 Å². The van der Waals surface area contributed by atoms with Crippen LogP contribution in [0.5, 0.6) is 0 Å². The Bertz CT molecular complexity index is 236. The molecular weight excluding hydrogens is 248 g/mol. The highest BCUT2D eigenvalue weighted by Gasteiger charge is 2.21. The molecule has 1 N–H and O–H groups in total. The molecule has 2 nitrogen and oxygen atoms in total. The van der Waals surface area contributed by atoms with Gasteiger partial charge < -0.3 is 5.11 Å². The van der Waals surface area contributed by atoms with E-state index in [4.69, 9.17) is 0 Å². The Labute approximate surface area is 126 Å². The molecule has 20 heavy (non-hydrogen) atoms. The summed E-state index contributed by atoms with van der Waals surface area (Å²) in [4.78, 5) is 11.4. The zero-order valence-electron chi connectivity index (χ0n) is 14.2. The summed E-state index contributed by atoms with van der Waals surface area (Å²) in [6, 6.07) is 0. The molecule has 0 aliphatic rings. The van der Waals surface area contributed by atoms with Gasteiger partial charge in [-0.15, -0.1) is 0 Å². The van der Waals surface area contributed by atoms with Crippen LogP contribution >= 0.6 is 0 Å². The van der Waals surface area contributed by atoms with Crippen molar-refractivity contribution in [1.29, 1.82) is 0 Å². The molecule has 0 saturated carbocycles. The fraction of sp³-hybridized carbons (Fsp3) is 0.944. The average Bonchev–Trinajstić information content (AvgIpc) is 2.39. The van der Waals surface area contributed by atoms with Crippen LogP contribution in [0, 0.1) is 17.8 Å². The Morgan fingerprint density at radius 2 is 1.60 bits per heavy atom. The van der Waals surface area contributed by atoms with E-state index in [0.29, 0.717) is 5.92 Å². The molecule has 0 aliphatic carbocycles. The van der Waals surface area contributed by atoms with Crippen molar-refractivity contribution in [2.24, 2.45) is 17.8 Å². The van der Waals surface area contributed by atoms with E-state index in [2.05, 4.69) is 27.7 Å². The van der Waals surface area contributed by atoms with Crippen LogP contribution in [0.4, 0.5) is 0 Å². The van der Waals surface area contributed by atoms with Crippen LogP contribution in [0.15, 0.2) is 0 Å². The van der Waals surface area contributed by atoms with Crippen LogP contribution < -0.4 is 0 Å². The first-order valence-electron chi connectivity index (χ1n) is 8.73. The second-order valence-electron chi connectivity index (χ2n) is 6.75. The van der Waals surface area contributed by atoms with Crippen molar-refractivity contribution in [3.63, 3.8) is 0 Å². The number of unbranched alkanes of at least 4 members (excludes halogenated alkanes) is 3. The van der Waals surface area contributed by atoms with Gasteiger partial charge in [0.15, 0.2) is 0 Å². The topological polar surface area (TPSA) is 37.3 Å². The van der Waals surface area contributed by atoms with Crippen molar-refractivity contribution in [2.75, 3.05) is 0 Å². The summed E-state index contributed by atoms with van der Waals surface area (Å²) in [6.45, 7) is 8.90. The first kappa shape index (κ1) is 19.5. The van der Waals surface area contributed by atoms with Crippen LogP contribution in [0.1, 0.15) is 91.9 Å². The molecule has 0 aromatic rings.